The number of carbonyl (C=O) groups excluding carboxylic acids is 3. The van der Waals surface area contributed by atoms with Crippen molar-refractivity contribution in [2.45, 2.75) is 64.6 Å². The molecule has 0 saturated carbocycles. The molecule has 3 atom stereocenters. The van der Waals surface area contributed by atoms with Crippen LogP contribution in [-0.2, 0) is 14.4 Å². The van der Waals surface area contributed by atoms with Gasteiger partial charge in [0.25, 0.3) is 0 Å². The molecule has 1 aliphatic heterocycles. The Morgan fingerprint density at radius 2 is 1.85 bits per heavy atom. The molecule has 1 fully saturated rings. The molecule has 1 aliphatic rings. The number of nitrogens with zero attached hydrogens (tertiary/aromatic N) is 3. The van der Waals surface area contributed by atoms with Crippen LogP contribution in [0.25, 0.3) is 22.2 Å². The van der Waals surface area contributed by atoms with Crippen molar-refractivity contribution in [1.82, 2.24) is 25.4 Å². The number of hydrogen-bond donors (Lipinski definition) is 2. The van der Waals surface area contributed by atoms with Gasteiger partial charge in [-0.25, -0.2) is 4.98 Å². The Labute approximate surface area is 236 Å². The maximum Gasteiger partial charge on any atom is 0.247 e. The molecule has 9 nitrogen and oxygen atoms in total. The molecule has 3 aromatic rings. The lowest BCUT2D eigenvalue weighted by atomic mass is 10.0. The first-order valence-corrected chi connectivity index (χ1v) is 14.2. The number of carbonyl (C=O) groups is 3. The molecule has 1 saturated heterocycles. The van der Waals surface area contributed by atoms with E-state index in [4.69, 9.17) is 9.40 Å². The van der Waals surface area contributed by atoms with Gasteiger partial charge in [-0.3, -0.25) is 14.4 Å². The van der Waals surface area contributed by atoms with Crippen LogP contribution in [0.3, 0.4) is 0 Å². The standard InChI is InChI=1S/C31H41N5O4/c1-6-23(32-4)29(38)33-24(19-35(5)27(37)18-20(2)3)31(39)36-17-11-15-25(36)30-34-28-22(14-10-16-26(28)40-30)21-12-8-7-9-13-21/h7-10,12-14,16,20,23-25,32H,6,11,15,17-19H2,1-5H3,(H,33,38)/t23-,24-,25-/m0/s1. The molecule has 0 unspecified atom stereocenters. The van der Waals surface area contributed by atoms with Crippen LogP contribution in [0.5, 0.6) is 0 Å². The molecular weight excluding hydrogens is 506 g/mol. The summed E-state index contributed by atoms with van der Waals surface area (Å²) < 4.78 is 6.22. The second kappa shape index (κ2) is 13.1. The first kappa shape index (κ1) is 29.3. The second-order valence-corrected chi connectivity index (χ2v) is 10.9. The minimum atomic E-state index is -0.888. The molecule has 1 aromatic heterocycles. The third-order valence-corrected chi connectivity index (χ3v) is 7.49. The topological polar surface area (TPSA) is 108 Å². The Kier molecular flexibility index (Phi) is 9.58. The molecular formula is C31H41N5O4. The number of rotatable bonds is 11. The van der Waals surface area contributed by atoms with Crippen molar-refractivity contribution >= 4 is 28.8 Å². The summed E-state index contributed by atoms with van der Waals surface area (Å²) in [6.45, 7) is 6.47. The Morgan fingerprint density at radius 3 is 2.52 bits per heavy atom. The largest absolute Gasteiger partial charge is 0.438 e. The van der Waals surface area contributed by atoms with Gasteiger partial charge in [-0.2, -0.15) is 0 Å². The fourth-order valence-corrected chi connectivity index (χ4v) is 5.31. The summed E-state index contributed by atoms with van der Waals surface area (Å²) >= 11 is 0. The summed E-state index contributed by atoms with van der Waals surface area (Å²) in [6.07, 6.45) is 2.44. The highest BCUT2D eigenvalue weighted by Crippen LogP contribution is 2.36. The van der Waals surface area contributed by atoms with Gasteiger partial charge in [0.1, 0.15) is 17.6 Å². The van der Waals surface area contributed by atoms with Gasteiger partial charge in [0, 0.05) is 32.1 Å². The maximum absolute atomic E-state index is 14.0. The summed E-state index contributed by atoms with van der Waals surface area (Å²) in [5, 5.41) is 5.92. The van der Waals surface area contributed by atoms with Crippen molar-refractivity contribution < 1.29 is 18.8 Å². The number of fused-ring (bicyclic) bond motifs is 1. The zero-order valence-electron chi connectivity index (χ0n) is 24.1. The van der Waals surface area contributed by atoms with Crippen LogP contribution >= 0.6 is 0 Å². The molecule has 2 heterocycles. The Morgan fingerprint density at radius 1 is 1.10 bits per heavy atom. The number of oxazole rings is 1. The van der Waals surface area contributed by atoms with Crippen LogP contribution in [0, 0.1) is 5.92 Å². The van der Waals surface area contributed by atoms with Crippen molar-refractivity contribution in [3.8, 4) is 11.1 Å². The fraction of sp³-hybridized carbons (Fsp3) is 0.484. The predicted octanol–water partition coefficient (Wildman–Crippen LogP) is 4.15. The number of likely N-dealkylation sites (N-methyl/N-ethyl adjacent to an activating group) is 2. The van der Waals surface area contributed by atoms with Crippen LogP contribution < -0.4 is 10.6 Å². The summed E-state index contributed by atoms with van der Waals surface area (Å²) in [5.74, 6) is 0.110. The monoisotopic (exact) mass is 547 g/mol. The van der Waals surface area contributed by atoms with Crippen molar-refractivity contribution in [1.29, 1.82) is 0 Å². The summed E-state index contributed by atoms with van der Waals surface area (Å²) in [6, 6.07) is 14.2. The van der Waals surface area contributed by atoms with Crippen molar-refractivity contribution in [2.24, 2.45) is 5.92 Å². The van der Waals surface area contributed by atoms with E-state index in [1.54, 1.807) is 23.9 Å². The van der Waals surface area contributed by atoms with Crippen LogP contribution in [0.2, 0.25) is 0 Å². The Balaban J connectivity index is 1.61. The lowest BCUT2D eigenvalue weighted by Crippen LogP contribution is -2.57. The Hall–Kier alpha value is -3.72. The molecule has 3 amide bonds. The average Bonchev–Trinajstić information content (AvgIpc) is 3.60. The van der Waals surface area contributed by atoms with E-state index < -0.39 is 12.1 Å². The molecule has 0 aliphatic carbocycles. The number of para-hydroxylation sites is 1. The van der Waals surface area contributed by atoms with Crippen LogP contribution in [0.1, 0.15) is 58.4 Å². The minimum Gasteiger partial charge on any atom is -0.438 e. The molecule has 0 spiro atoms. The van der Waals surface area contributed by atoms with Gasteiger partial charge >= 0.3 is 0 Å². The Bertz CT molecular complexity index is 1320. The first-order valence-electron chi connectivity index (χ1n) is 14.2. The molecule has 40 heavy (non-hydrogen) atoms. The van der Waals surface area contributed by atoms with Crippen molar-refractivity contribution in [3.05, 3.63) is 54.4 Å². The van der Waals surface area contributed by atoms with Gasteiger partial charge in [0.05, 0.1) is 6.04 Å². The fourth-order valence-electron chi connectivity index (χ4n) is 5.31. The smallest absolute Gasteiger partial charge is 0.247 e. The van der Waals surface area contributed by atoms with Gasteiger partial charge in [0.15, 0.2) is 5.58 Å². The number of aromatic nitrogens is 1. The van der Waals surface area contributed by atoms with E-state index >= 15 is 0 Å². The summed E-state index contributed by atoms with van der Waals surface area (Å²) in [4.78, 5) is 48.0. The number of likely N-dealkylation sites (tertiary alicyclic amines) is 1. The quantitative estimate of drug-likeness (QED) is 0.374. The number of benzene rings is 2. The summed E-state index contributed by atoms with van der Waals surface area (Å²) in [5.41, 5.74) is 3.43. The lowest BCUT2D eigenvalue weighted by Gasteiger charge is -2.31. The highest BCUT2D eigenvalue weighted by Gasteiger charge is 2.38. The molecule has 4 rings (SSSR count). The van der Waals surface area contributed by atoms with E-state index in [9.17, 15) is 14.4 Å². The van der Waals surface area contributed by atoms with E-state index in [1.165, 1.54) is 0 Å². The van der Waals surface area contributed by atoms with Crippen LogP contribution in [0.15, 0.2) is 52.9 Å². The molecule has 9 heteroatoms. The van der Waals surface area contributed by atoms with E-state index in [1.807, 2.05) is 69.3 Å². The van der Waals surface area contributed by atoms with Gasteiger partial charge in [-0.05, 0) is 43.9 Å². The van der Waals surface area contributed by atoms with E-state index in [2.05, 4.69) is 10.6 Å². The molecule has 214 valence electrons. The number of hydrogen-bond acceptors (Lipinski definition) is 6. The highest BCUT2D eigenvalue weighted by atomic mass is 16.4. The molecule has 2 N–H and O–H groups in total. The number of nitrogens with one attached hydrogen (secondary N) is 2. The molecule has 2 aromatic carbocycles. The predicted molar refractivity (Wildman–Crippen MR) is 155 cm³/mol. The zero-order valence-corrected chi connectivity index (χ0v) is 24.1. The lowest BCUT2D eigenvalue weighted by molar-refractivity contribution is -0.140. The minimum absolute atomic E-state index is 0.0620. The van der Waals surface area contributed by atoms with Gasteiger partial charge < -0.3 is 24.9 Å². The first-order chi connectivity index (χ1) is 19.2. The van der Waals surface area contributed by atoms with E-state index in [0.717, 1.165) is 23.1 Å². The SMILES string of the molecule is CC[C@H](NC)C(=O)N[C@@H](CN(C)C(=O)CC(C)C)C(=O)N1CCC[C@H]1c1nc2c(-c3ccccc3)cccc2o1. The van der Waals surface area contributed by atoms with Gasteiger partial charge in [-0.1, -0.05) is 63.2 Å². The van der Waals surface area contributed by atoms with Crippen molar-refractivity contribution in [2.75, 3.05) is 27.2 Å². The molecule has 0 bridgehead atoms. The highest BCUT2D eigenvalue weighted by molar-refractivity contribution is 5.92. The molecule has 0 radical (unpaired) electrons. The normalized spacial score (nSPS) is 16.8. The zero-order chi connectivity index (χ0) is 28.8. The van der Waals surface area contributed by atoms with Gasteiger partial charge in [-0.15, -0.1) is 0 Å². The van der Waals surface area contributed by atoms with E-state index in [0.29, 0.717) is 37.3 Å². The van der Waals surface area contributed by atoms with Crippen molar-refractivity contribution in [3.63, 3.8) is 0 Å². The van der Waals surface area contributed by atoms with E-state index in [-0.39, 0.29) is 36.2 Å². The third kappa shape index (κ3) is 6.53. The van der Waals surface area contributed by atoms with Crippen LogP contribution in [0.4, 0.5) is 0 Å². The second-order valence-electron chi connectivity index (χ2n) is 10.9. The third-order valence-electron chi connectivity index (χ3n) is 7.49. The number of amides is 3. The maximum atomic E-state index is 14.0. The summed E-state index contributed by atoms with van der Waals surface area (Å²) in [7, 11) is 3.40. The van der Waals surface area contributed by atoms with Gasteiger partial charge in [0.2, 0.25) is 23.6 Å². The van der Waals surface area contributed by atoms with Crippen LogP contribution in [-0.4, -0.2) is 71.8 Å². The average molecular weight is 548 g/mol.